The van der Waals surface area contributed by atoms with Crippen molar-refractivity contribution in [3.05, 3.63) is 58.4 Å². The molecule has 0 aliphatic carbocycles. The van der Waals surface area contributed by atoms with Gasteiger partial charge in [-0.2, -0.15) is 0 Å². The summed E-state index contributed by atoms with van der Waals surface area (Å²) in [6, 6.07) is 3.40. The molecule has 5 rings (SSSR count). The van der Waals surface area contributed by atoms with Crippen LogP contribution >= 0.6 is 22.4 Å². The van der Waals surface area contributed by atoms with Crippen LogP contribution in [0, 0.1) is 17.6 Å². The fourth-order valence-electron chi connectivity index (χ4n) is 7.03. The summed E-state index contributed by atoms with van der Waals surface area (Å²) < 4.78 is 59.0. The highest BCUT2D eigenvalue weighted by Gasteiger charge is 2.40. The fourth-order valence-corrected chi connectivity index (χ4v) is 9.01. The molecule has 3 aliphatic heterocycles. The molecule has 5 unspecified atom stereocenters. The second-order valence-electron chi connectivity index (χ2n) is 12.2. The first-order valence-corrected chi connectivity index (χ1v) is 17.0. The van der Waals surface area contributed by atoms with E-state index < -0.39 is 40.3 Å². The van der Waals surface area contributed by atoms with Gasteiger partial charge in [0.15, 0.2) is 0 Å². The lowest BCUT2D eigenvalue weighted by Crippen LogP contribution is -2.55. The fraction of sp³-hybridized carbons (Fsp3) is 0.600. The van der Waals surface area contributed by atoms with Gasteiger partial charge in [-0.25, -0.2) is 13.1 Å². The maximum absolute atomic E-state index is 15.2. The van der Waals surface area contributed by atoms with Gasteiger partial charge in [-0.1, -0.05) is 17.7 Å². The number of carbonyl (C=O) groups is 1. The third-order valence-electron chi connectivity index (χ3n) is 9.05. The highest BCUT2D eigenvalue weighted by Crippen LogP contribution is 2.49. The number of rotatable bonds is 8. The van der Waals surface area contributed by atoms with Crippen molar-refractivity contribution in [3.63, 3.8) is 0 Å². The molecule has 3 aliphatic rings. The predicted molar refractivity (Wildman–Crippen MR) is 165 cm³/mol. The third-order valence-corrected chi connectivity index (χ3v) is 11.4. The van der Waals surface area contributed by atoms with E-state index in [9.17, 15) is 18.3 Å². The second-order valence-corrected chi connectivity index (χ2v) is 14.8. The first-order valence-electron chi connectivity index (χ1n) is 15.0. The maximum Gasteiger partial charge on any atom is 0.241 e. The molecule has 2 bridgehead atoms. The number of hydrogen-bond acceptors (Lipinski definition) is 8. The molecule has 0 saturated carbocycles. The summed E-state index contributed by atoms with van der Waals surface area (Å²) in [5.41, 5.74) is 7.68. The molecule has 1 aromatic heterocycles. The predicted octanol–water partition coefficient (Wildman–Crippen LogP) is 5.30. The van der Waals surface area contributed by atoms with Gasteiger partial charge in [-0.05, 0) is 76.0 Å². The second kappa shape index (κ2) is 13.6. The first kappa shape index (κ1) is 32.5. The van der Waals surface area contributed by atoms with E-state index in [0.29, 0.717) is 43.7 Å². The van der Waals surface area contributed by atoms with E-state index in [2.05, 4.69) is 15.6 Å². The van der Waals surface area contributed by atoms with E-state index in [1.165, 1.54) is 18.3 Å². The van der Waals surface area contributed by atoms with E-state index in [0.717, 1.165) is 19.0 Å². The van der Waals surface area contributed by atoms with Crippen LogP contribution in [0.1, 0.15) is 63.0 Å². The molecule has 4 heterocycles. The standard InChI is InChI=1S/C30H42ClF2N5O4S/c1-17-10-20(11-18(2)42-17)28(19-5-8-24(31)25(32)12-19)29(34)30(39)37-27-15-35-14-26(33)23(27)7-6-22-13-36-21-4-3-9-43(40,41)38(22)16-21/h5,8,12,14-15,17-18,20-22,28-29,36,40-41H,3-4,6-7,9-11,13,16,34H2,1-2H3,(H,37,39)/t17?,18?,20?,21?,22?,28-,29+/m0/s1. The lowest BCUT2D eigenvalue weighted by Gasteiger charge is -2.49. The first-order chi connectivity index (χ1) is 20.4. The number of anilines is 1. The van der Waals surface area contributed by atoms with E-state index >= 15 is 4.39 Å². The number of amides is 1. The molecular formula is C30H42ClF2N5O4S. The van der Waals surface area contributed by atoms with Crippen LogP contribution in [0.2, 0.25) is 5.02 Å². The Hall–Kier alpha value is -1.90. The molecule has 0 spiro atoms. The van der Waals surface area contributed by atoms with Gasteiger partial charge in [0.25, 0.3) is 0 Å². The molecule has 13 heteroatoms. The molecule has 1 aromatic carbocycles. The normalized spacial score (nSPS) is 31.0. The van der Waals surface area contributed by atoms with Crippen LogP contribution in [-0.4, -0.2) is 73.5 Å². The number of nitrogens with zero attached hydrogens (tertiary/aromatic N) is 2. The van der Waals surface area contributed by atoms with Crippen LogP contribution in [-0.2, 0) is 16.0 Å². The van der Waals surface area contributed by atoms with E-state index in [4.69, 9.17) is 22.1 Å². The molecule has 238 valence electrons. The highest BCUT2D eigenvalue weighted by molar-refractivity contribution is 8.22. The summed E-state index contributed by atoms with van der Waals surface area (Å²) in [7, 11) is -2.90. The Labute approximate surface area is 258 Å². The Kier molecular flexibility index (Phi) is 10.3. The number of ether oxygens (including phenoxy) is 1. The number of halogens is 3. The number of nitrogens with one attached hydrogen (secondary N) is 2. The van der Waals surface area contributed by atoms with Gasteiger partial charge < -0.3 is 21.1 Å². The van der Waals surface area contributed by atoms with Crippen molar-refractivity contribution in [2.24, 2.45) is 11.7 Å². The van der Waals surface area contributed by atoms with Gasteiger partial charge in [0, 0.05) is 36.7 Å². The van der Waals surface area contributed by atoms with Crippen LogP contribution in [0.4, 0.5) is 14.5 Å². The Morgan fingerprint density at radius 3 is 2.72 bits per heavy atom. The number of hydrogen-bond donors (Lipinski definition) is 5. The Morgan fingerprint density at radius 1 is 1.26 bits per heavy atom. The topological polar surface area (TPSA) is 133 Å². The molecule has 9 nitrogen and oxygen atoms in total. The average molecular weight is 642 g/mol. The Bertz CT molecular complexity index is 1300. The van der Waals surface area contributed by atoms with Crippen molar-refractivity contribution in [2.45, 2.75) is 88.6 Å². The monoisotopic (exact) mass is 641 g/mol. The smallest absolute Gasteiger partial charge is 0.241 e. The van der Waals surface area contributed by atoms with Gasteiger partial charge in [0.05, 0.1) is 47.1 Å². The van der Waals surface area contributed by atoms with Crippen LogP contribution in [0.15, 0.2) is 30.6 Å². The van der Waals surface area contributed by atoms with E-state index in [1.54, 1.807) is 10.4 Å². The zero-order valence-corrected chi connectivity index (χ0v) is 26.1. The average Bonchev–Trinajstić information content (AvgIpc) is 3.06. The number of piperazine rings is 1. The summed E-state index contributed by atoms with van der Waals surface area (Å²) in [6.07, 6.45) is 5.94. The van der Waals surface area contributed by atoms with Crippen LogP contribution in [0.5, 0.6) is 0 Å². The molecule has 7 atom stereocenters. The number of fused-ring (bicyclic) bond motifs is 2. The summed E-state index contributed by atoms with van der Waals surface area (Å²) in [5.74, 6) is -1.98. The SMILES string of the molecule is CC1CC([C@H](c2ccc(Cl)c(F)c2)[C@@H](N)C(=O)Nc2cncc(F)c2CCC2CNC3CCCS(O)(O)N2C3)CC(C)O1. The summed E-state index contributed by atoms with van der Waals surface area (Å²) in [6.45, 7) is 5.01. The largest absolute Gasteiger partial charge is 0.376 e. The number of carbonyl (C=O) groups excluding carboxylic acids is 1. The van der Waals surface area contributed by atoms with Crippen molar-refractivity contribution in [2.75, 3.05) is 24.2 Å². The Balaban J connectivity index is 1.35. The number of nitrogens with two attached hydrogens (primary N) is 1. The minimum Gasteiger partial charge on any atom is -0.376 e. The van der Waals surface area contributed by atoms with Crippen molar-refractivity contribution >= 4 is 34.0 Å². The van der Waals surface area contributed by atoms with E-state index in [-0.39, 0.29) is 52.9 Å². The number of aromatic nitrogens is 1. The van der Waals surface area contributed by atoms with Crippen molar-refractivity contribution < 1.29 is 27.4 Å². The zero-order chi connectivity index (χ0) is 30.9. The number of pyridine rings is 1. The molecule has 6 N–H and O–H groups in total. The van der Waals surface area contributed by atoms with Crippen LogP contribution < -0.4 is 16.4 Å². The maximum atomic E-state index is 15.2. The molecule has 2 aromatic rings. The van der Waals surface area contributed by atoms with Crippen molar-refractivity contribution in [3.8, 4) is 0 Å². The Morgan fingerprint density at radius 2 is 2.00 bits per heavy atom. The summed E-state index contributed by atoms with van der Waals surface area (Å²) >= 11 is 5.96. The van der Waals surface area contributed by atoms with Gasteiger partial charge >= 0.3 is 0 Å². The van der Waals surface area contributed by atoms with Crippen molar-refractivity contribution in [1.82, 2.24) is 14.6 Å². The zero-order valence-electron chi connectivity index (χ0n) is 24.5. The van der Waals surface area contributed by atoms with Gasteiger partial charge in [-0.15, -0.1) is 10.8 Å². The lowest BCUT2D eigenvalue weighted by atomic mass is 9.74. The van der Waals surface area contributed by atoms with Crippen LogP contribution in [0.25, 0.3) is 0 Å². The summed E-state index contributed by atoms with van der Waals surface area (Å²) in [5, 5.41) is 6.26. The van der Waals surface area contributed by atoms with Crippen LogP contribution in [0.3, 0.4) is 0 Å². The summed E-state index contributed by atoms with van der Waals surface area (Å²) in [4.78, 5) is 17.7. The molecule has 43 heavy (non-hydrogen) atoms. The van der Waals surface area contributed by atoms with E-state index in [1.807, 2.05) is 13.8 Å². The van der Waals surface area contributed by atoms with Gasteiger partial charge in [0.2, 0.25) is 5.91 Å². The van der Waals surface area contributed by atoms with Gasteiger partial charge in [0.1, 0.15) is 11.6 Å². The molecular weight excluding hydrogens is 600 g/mol. The molecule has 3 saturated heterocycles. The quantitative estimate of drug-likeness (QED) is 0.262. The lowest BCUT2D eigenvalue weighted by molar-refractivity contribution is -0.119. The molecule has 0 radical (unpaired) electrons. The van der Waals surface area contributed by atoms with Gasteiger partial charge in [-0.3, -0.25) is 18.9 Å². The number of benzene rings is 1. The minimum absolute atomic E-state index is 0.0187. The minimum atomic E-state index is -2.90. The molecule has 3 fully saturated rings. The highest BCUT2D eigenvalue weighted by atomic mass is 35.5. The van der Waals surface area contributed by atoms with Crippen molar-refractivity contribution in [1.29, 1.82) is 0 Å². The third kappa shape index (κ3) is 7.50. The molecule has 1 amide bonds.